The third-order valence-corrected chi connectivity index (χ3v) is 3.68. The quantitative estimate of drug-likeness (QED) is 0.596. The van der Waals surface area contributed by atoms with Gasteiger partial charge in [-0.3, -0.25) is 14.9 Å². The summed E-state index contributed by atoms with van der Waals surface area (Å²) in [5, 5.41) is 3.09. The maximum atomic E-state index is 12.4. The van der Waals surface area contributed by atoms with Gasteiger partial charge >= 0.3 is 5.97 Å². The van der Waals surface area contributed by atoms with Gasteiger partial charge in [0.05, 0.1) is 14.2 Å². The summed E-state index contributed by atoms with van der Waals surface area (Å²) in [6, 6.07) is 15.8. The molecule has 0 bridgehead atoms. The molecule has 1 unspecified atom stereocenters. The summed E-state index contributed by atoms with van der Waals surface area (Å²) in [5.74, 6) is 0.0969. The summed E-state index contributed by atoms with van der Waals surface area (Å²) >= 11 is 0. The van der Waals surface area contributed by atoms with E-state index in [1.54, 1.807) is 31.4 Å². The molecule has 0 fully saturated rings. The Morgan fingerprint density at radius 2 is 1.67 bits per heavy atom. The first-order valence-corrected chi connectivity index (χ1v) is 7.66. The van der Waals surface area contributed by atoms with Crippen LogP contribution in [0.15, 0.2) is 54.6 Å². The number of nitrogens with one attached hydrogen (secondary N) is 1. The standard InChI is InChI=1S/C19H21NO4/c1-23-16-10-8-15(9-11-16)18(21)12-17(19(22)24-2)20-13-14-6-4-3-5-7-14/h3-11,17,20H,12-13H2,1-2H3. The first-order valence-electron chi connectivity index (χ1n) is 7.66. The molecule has 0 aliphatic rings. The molecule has 0 aliphatic carbocycles. The van der Waals surface area contributed by atoms with Crippen LogP contribution in [-0.2, 0) is 16.1 Å². The van der Waals surface area contributed by atoms with Crippen LogP contribution in [0.5, 0.6) is 5.75 Å². The van der Waals surface area contributed by atoms with Crippen molar-refractivity contribution in [2.24, 2.45) is 0 Å². The van der Waals surface area contributed by atoms with Crippen molar-refractivity contribution < 1.29 is 19.1 Å². The Balaban J connectivity index is 2.01. The van der Waals surface area contributed by atoms with Gasteiger partial charge in [0.25, 0.3) is 0 Å². The highest BCUT2D eigenvalue weighted by molar-refractivity contribution is 5.99. The van der Waals surface area contributed by atoms with E-state index in [0.717, 1.165) is 5.56 Å². The van der Waals surface area contributed by atoms with E-state index in [1.807, 2.05) is 30.3 Å². The van der Waals surface area contributed by atoms with Gasteiger partial charge in [0.2, 0.25) is 0 Å². The van der Waals surface area contributed by atoms with Crippen molar-refractivity contribution in [2.45, 2.75) is 19.0 Å². The number of esters is 1. The van der Waals surface area contributed by atoms with E-state index in [-0.39, 0.29) is 12.2 Å². The molecule has 5 nitrogen and oxygen atoms in total. The Morgan fingerprint density at radius 3 is 2.25 bits per heavy atom. The predicted molar refractivity (Wildman–Crippen MR) is 91.0 cm³/mol. The average Bonchev–Trinajstić information content (AvgIpc) is 2.65. The summed E-state index contributed by atoms with van der Waals surface area (Å²) in [7, 11) is 2.88. The van der Waals surface area contributed by atoms with Gasteiger partial charge in [-0.1, -0.05) is 30.3 Å². The number of carbonyl (C=O) groups excluding carboxylic acids is 2. The van der Waals surface area contributed by atoms with E-state index >= 15 is 0 Å². The highest BCUT2D eigenvalue weighted by atomic mass is 16.5. The highest BCUT2D eigenvalue weighted by Crippen LogP contribution is 2.14. The lowest BCUT2D eigenvalue weighted by molar-refractivity contribution is -0.143. The topological polar surface area (TPSA) is 64.6 Å². The maximum Gasteiger partial charge on any atom is 0.323 e. The van der Waals surface area contributed by atoms with Gasteiger partial charge in [-0.25, -0.2) is 0 Å². The van der Waals surface area contributed by atoms with Gasteiger partial charge in [0, 0.05) is 18.5 Å². The van der Waals surface area contributed by atoms with Crippen molar-refractivity contribution in [3.63, 3.8) is 0 Å². The minimum Gasteiger partial charge on any atom is -0.497 e. The zero-order valence-electron chi connectivity index (χ0n) is 13.8. The Hall–Kier alpha value is -2.66. The second-order valence-corrected chi connectivity index (χ2v) is 5.30. The largest absolute Gasteiger partial charge is 0.497 e. The number of rotatable bonds is 8. The number of ether oxygens (including phenoxy) is 2. The zero-order chi connectivity index (χ0) is 17.4. The fraction of sp³-hybridized carbons (Fsp3) is 0.263. The molecular weight excluding hydrogens is 306 g/mol. The molecule has 0 saturated heterocycles. The predicted octanol–water partition coefficient (Wildman–Crippen LogP) is 2.60. The second-order valence-electron chi connectivity index (χ2n) is 5.30. The molecule has 2 aromatic carbocycles. The smallest absolute Gasteiger partial charge is 0.323 e. The summed E-state index contributed by atoms with van der Waals surface area (Å²) in [4.78, 5) is 24.3. The van der Waals surface area contributed by atoms with Gasteiger partial charge in [0.1, 0.15) is 11.8 Å². The van der Waals surface area contributed by atoms with Crippen molar-refractivity contribution in [3.8, 4) is 5.75 Å². The van der Waals surface area contributed by atoms with Crippen LogP contribution < -0.4 is 10.1 Å². The summed E-state index contributed by atoms with van der Waals surface area (Å²) < 4.78 is 9.88. The van der Waals surface area contributed by atoms with E-state index in [9.17, 15) is 9.59 Å². The minimum absolute atomic E-state index is 0.0336. The lowest BCUT2D eigenvalue weighted by atomic mass is 10.0. The lowest BCUT2D eigenvalue weighted by Gasteiger charge is -2.16. The van der Waals surface area contributed by atoms with E-state index in [0.29, 0.717) is 17.9 Å². The summed E-state index contributed by atoms with van der Waals surface area (Å²) in [6.07, 6.45) is 0.0336. The SMILES string of the molecule is COC(=O)C(CC(=O)c1ccc(OC)cc1)NCc1ccccc1. The number of benzene rings is 2. The molecule has 2 rings (SSSR count). The Labute approximate surface area is 141 Å². The molecule has 1 N–H and O–H groups in total. The van der Waals surface area contributed by atoms with E-state index in [4.69, 9.17) is 9.47 Å². The van der Waals surface area contributed by atoms with Crippen LogP contribution in [0.2, 0.25) is 0 Å². The van der Waals surface area contributed by atoms with Crippen LogP contribution in [0.25, 0.3) is 0 Å². The van der Waals surface area contributed by atoms with Gasteiger partial charge in [-0.15, -0.1) is 0 Å². The van der Waals surface area contributed by atoms with Crippen LogP contribution >= 0.6 is 0 Å². The third kappa shape index (κ3) is 4.93. The molecule has 24 heavy (non-hydrogen) atoms. The van der Waals surface area contributed by atoms with E-state index in [2.05, 4.69) is 5.32 Å². The monoisotopic (exact) mass is 327 g/mol. The summed E-state index contributed by atoms with van der Waals surface area (Å²) in [6.45, 7) is 0.483. The lowest BCUT2D eigenvalue weighted by Crippen LogP contribution is -2.39. The van der Waals surface area contributed by atoms with Gasteiger partial charge < -0.3 is 9.47 Å². The molecule has 2 aromatic rings. The molecular formula is C19H21NO4. The number of hydrogen-bond acceptors (Lipinski definition) is 5. The third-order valence-electron chi connectivity index (χ3n) is 3.68. The van der Waals surface area contributed by atoms with Gasteiger partial charge in [-0.05, 0) is 29.8 Å². The molecule has 1 atom stereocenters. The van der Waals surface area contributed by atoms with Crippen LogP contribution in [0, 0.1) is 0 Å². The average molecular weight is 327 g/mol. The normalized spacial score (nSPS) is 11.6. The van der Waals surface area contributed by atoms with Crippen molar-refractivity contribution in [1.29, 1.82) is 0 Å². The zero-order valence-corrected chi connectivity index (χ0v) is 13.8. The first kappa shape index (κ1) is 17.7. The van der Waals surface area contributed by atoms with Crippen molar-refractivity contribution >= 4 is 11.8 Å². The number of methoxy groups -OCH3 is 2. The van der Waals surface area contributed by atoms with E-state index < -0.39 is 12.0 Å². The fourth-order valence-electron chi connectivity index (χ4n) is 2.30. The molecule has 0 spiro atoms. The fourth-order valence-corrected chi connectivity index (χ4v) is 2.30. The number of Topliss-reactive ketones (excluding diaryl/α,β-unsaturated/α-hetero) is 1. The van der Waals surface area contributed by atoms with Crippen LogP contribution in [0.4, 0.5) is 0 Å². The number of carbonyl (C=O) groups is 2. The minimum atomic E-state index is -0.690. The molecule has 0 saturated carbocycles. The Morgan fingerprint density at radius 1 is 1.00 bits per heavy atom. The van der Waals surface area contributed by atoms with Crippen LogP contribution in [0.3, 0.4) is 0 Å². The Bertz CT molecular complexity index is 668. The molecule has 0 aromatic heterocycles. The highest BCUT2D eigenvalue weighted by Gasteiger charge is 2.22. The molecule has 5 heteroatoms. The number of hydrogen-bond donors (Lipinski definition) is 1. The molecule has 0 amide bonds. The first-order chi connectivity index (χ1) is 11.6. The van der Waals surface area contributed by atoms with Crippen LogP contribution in [-0.4, -0.2) is 32.0 Å². The summed E-state index contributed by atoms with van der Waals surface area (Å²) in [5.41, 5.74) is 1.56. The second kappa shape index (κ2) is 8.84. The molecule has 126 valence electrons. The number of ketones is 1. The van der Waals surface area contributed by atoms with Crippen molar-refractivity contribution in [1.82, 2.24) is 5.32 Å². The van der Waals surface area contributed by atoms with Crippen molar-refractivity contribution in [2.75, 3.05) is 14.2 Å². The molecule has 0 radical (unpaired) electrons. The molecule has 0 heterocycles. The van der Waals surface area contributed by atoms with Crippen molar-refractivity contribution in [3.05, 3.63) is 65.7 Å². The molecule has 0 aliphatic heterocycles. The van der Waals surface area contributed by atoms with Crippen LogP contribution in [0.1, 0.15) is 22.3 Å². The Kier molecular flexibility index (Phi) is 6.51. The van der Waals surface area contributed by atoms with Gasteiger partial charge in [0.15, 0.2) is 5.78 Å². The van der Waals surface area contributed by atoms with Gasteiger partial charge in [-0.2, -0.15) is 0 Å². The maximum absolute atomic E-state index is 12.4. The van der Waals surface area contributed by atoms with E-state index in [1.165, 1.54) is 7.11 Å².